The Morgan fingerprint density at radius 2 is 1.83 bits per heavy atom. The molecule has 0 aliphatic heterocycles. The summed E-state index contributed by atoms with van der Waals surface area (Å²) in [6.45, 7) is 2.77. The molecular weight excluding hydrogens is 334 g/mol. The summed E-state index contributed by atoms with van der Waals surface area (Å²) < 4.78 is 24.6. The summed E-state index contributed by atoms with van der Waals surface area (Å²) >= 11 is 5.92. The molecule has 0 unspecified atom stereocenters. The van der Waals surface area contributed by atoms with Crippen LogP contribution < -0.4 is 5.32 Å². The summed E-state index contributed by atoms with van der Waals surface area (Å²) in [5.41, 5.74) is 3.21. The van der Waals surface area contributed by atoms with Gasteiger partial charge in [0.1, 0.15) is 0 Å². The Morgan fingerprint density at radius 1 is 1.17 bits per heavy atom. The molecule has 23 heavy (non-hydrogen) atoms. The minimum Gasteiger partial charge on any atom is -0.348 e. The minimum absolute atomic E-state index is 0.531. The molecule has 2 aromatic carbocycles. The van der Waals surface area contributed by atoms with Crippen LogP contribution in [0.25, 0.3) is 0 Å². The van der Waals surface area contributed by atoms with Crippen LogP contribution in [0.3, 0.4) is 0 Å². The van der Waals surface area contributed by atoms with Crippen LogP contribution >= 0.6 is 24.0 Å². The summed E-state index contributed by atoms with van der Waals surface area (Å²) in [7, 11) is 1.92. The van der Waals surface area contributed by atoms with Gasteiger partial charge in [-0.25, -0.2) is 0 Å². The van der Waals surface area contributed by atoms with Crippen molar-refractivity contribution in [1.29, 1.82) is 0 Å². The van der Waals surface area contributed by atoms with E-state index in [1.165, 1.54) is 11.1 Å². The molecule has 0 heterocycles. The Hall–Kier alpha value is -1.66. The predicted octanol–water partition coefficient (Wildman–Crippen LogP) is 5.14. The molecule has 2 rings (SSSR count). The van der Waals surface area contributed by atoms with Crippen molar-refractivity contribution >= 4 is 34.8 Å². The maximum atomic E-state index is 12.3. The zero-order valence-electron chi connectivity index (χ0n) is 12.9. The third-order valence-electron chi connectivity index (χ3n) is 3.35. The molecule has 0 aliphatic rings. The third kappa shape index (κ3) is 5.48. The number of benzene rings is 2. The number of thioether (sulfide) groups is 1. The van der Waals surface area contributed by atoms with E-state index in [4.69, 9.17) is 12.2 Å². The molecule has 0 saturated heterocycles. The number of hydrogen-bond donors (Lipinski definition) is 1. The molecule has 0 aromatic heterocycles. The Kier molecular flexibility index (Phi) is 6.36. The first kappa shape index (κ1) is 17.7. The van der Waals surface area contributed by atoms with E-state index >= 15 is 0 Å². The van der Waals surface area contributed by atoms with Crippen LogP contribution in [-0.4, -0.2) is 22.8 Å². The Bertz CT molecular complexity index is 660. The van der Waals surface area contributed by atoms with E-state index < -0.39 is 5.76 Å². The van der Waals surface area contributed by atoms with Gasteiger partial charge in [0.05, 0.1) is 0 Å². The normalized spacial score (nSPS) is 10.7. The number of aryl methyl sites for hydroxylation is 1. The second kappa shape index (κ2) is 8.26. The average Bonchev–Trinajstić information content (AvgIpc) is 2.51. The maximum absolute atomic E-state index is 12.3. The number of rotatable bonds is 5. The fourth-order valence-corrected chi connectivity index (χ4v) is 2.73. The molecule has 2 nitrogen and oxygen atoms in total. The van der Waals surface area contributed by atoms with Crippen molar-refractivity contribution in [2.75, 3.05) is 12.4 Å². The van der Waals surface area contributed by atoms with Crippen molar-refractivity contribution in [2.24, 2.45) is 0 Å². The van der Waals surface area contributed by atoms with E-state index in [1.54, 1.807) is 24.3 Å². The molecule has 0 atom stereocenters. The van der Waals surface area contributed by atoms with E-state index in [-0.39, 0.29) is 0 Å². The summed E-state index contributed by atoms with van der Waals surface area (Å²) in [5.74, 6) is -2.41. The van der Waals surface area contributed by atoms with E-state index in [9.17, 15) is 8.78 Å². The molecule has 0 amide bonds. The van der Waals surface area contributed by atoms with Crippen molar-refractivity contribution in [3.63, 3.8) is 0 Å². The fourth-order valence-electron chi connectivity index (χ4n) is 2.05. The Labute approximate surface area is 144 Å². The molecular formula is C17H18F2N2S2. The fraction of sp³-hybridized carbons (Fsp3) is 0.235. The average molecular weight is 352 g/mol. The van der Waals surface area contributed by atoms with Gasteiger partial charge in [0, 0.05) is 24.2 Å². The molecule has 0 radical (unpaired) electrons. The minimum atomic E-state index is -2.41. The van der Waals surface area contributed by atoms with Gasteiger partial charge < -0.3 is 10.2 Å². The monoisotopic (exact) mass is 352 g/mol. The molecule has 2 aromatic rings. The number of anilines is 1. The van der Waals surface area contributed by atoms with Gasteiger partial charge in [-0.3, -0.25) is 0 Å². The van der Waals surface area contributed by atoms with Crippen LogP contribution in [0.2, 0.25) is 0 Å². The summed E-state index contributed by atoms with van der Waals surface area (Å²) in [6.07, 6.45) is 0. The molecule has 6 heteroatoms. The molecule has 0 spiro atoms. The van der Waals surface area contributed by atoms with Gasteiger partial charge in [0.15, 0.2) is 5.11 Å². The lowest BCUT2D eigenvalue weighted by molar-refractivity contribution is 0.252. The van der Waals surface area contributed by atoms with Crippen LogP contribution in [0, 0.1) is 6.92 Å². The molecule has 1 N–H and O–H groups in total. The first-order valence-corrected chi connectivity index (χ1v) is 8.36. The second-order valence-electron chi connectivity index (χ2n) is 5.12. The SMILES string of the molecule is Cc1ccccc1CN(C)C(=S)Nc1ccc(SC(F)F)cc1. The van der Waals surface area contributed by atoms with Crippen LogP contribution in [-0.2, 0) is 6.54 Å². The smallest absolute Gasteiger partial charge is 0.288 e. The van der Waals surface area contributed by atoms with Crippen molar-refractivity contribution in [1.82, 2.24) is 4.90 Å². The van der Waals surface area contributed by atoms with Gasteiger partial charge >= 0.3 is 0 Å². The van der Waals surface area contributed by atoms with Crippen LogP contribution in [0.4, 0.5) is 14.5 Å². The highest BCUT2D eigenvalue weighted by Gasteiger charge is 2.08. The van der Waals surface area contributed by atoms with E-state index in [1.807, 2.05) is 24.1 Å². The summed E-state index contributed by atoms with van der Waals surface area (Å²) in [4.78, 5) is 2.48. The lowest BCUT2D eigenvalue weighted by atomic mass is 10.1. The lowest BCUT2D eigenvalue weighted by Crippen LogP contribution is -2.30. The Balaban J connectivity index is 1.94. The zero-order valence-corrected chi connectivity index (χ0v) is 14.6. The van der Waals surface area contributed by atoms with Gasteiger partial charge in [0.25, 0.3) is 5.76 Å². The number of alkyl halides is 2. The molecule has 0 saturated carbocycles. The zero-order chi connectivity index (χ0) is 16.8. The maximum Gasteiger partial charge on any atom is 0.288 e. The van der Waals surface area contributed by atoms with E-state index in [2.05, 4.69) is 24.4 Å². The molecule has 0 fully saturated rings. The van der Waals surface area contributed by atoms with Crippen LogP contribution in [0.15, 0.2) is 53.4 Å². The van der Waals surface area contributed by atoms with Gasteiger partial charge in [0.2, 0.25) is 0 Å². The predicted molar refractivity (Wildman–Crippen MR) is 97.2 cm³/mol. The number of halogens is 2. The standard InChI is InChI=1S/C17H18F2N2S2/c1-12-5-3-4-6-13(12)11-21(2)17(22)20-14-7-9-15(10-8-14)23-16(18)19/h3-10,16H,11H2,1-2H3,(H,20,22). The largest absolute Gasteiger partial charge is 0.348 e. The Morgan fingerprint density at radius 3 is 2.43 bits per heavy atom. The van der Waals surface area contributed by atoms with Crippen LogP contribution in [0.5, 0.6) is 0 Å². The first-order chi connectivity index (χ1) is 11.0. The third-order valence-corrected chi connectivity index (χ3v) is 4.48. The summed E-state index contributed by atoms with van der Waals surface area (Å²) in [5, 5.41) is 3.71. The quantitative estimate of drug-likeness (QED) is 0.592. The number of nitrogens with one attached hydrogen (secondary N) is 1. The number of hydrogen-bond acceptors (Lipinski definition) is 2. The van der Waals surface area contributed by atoms with E-state index in [0.717, 1.165) is 5.69 Å². The molecule has 0 bridgehead atoms. The van der Waals surface area contributed by atoms with Crippen molar-refractivity contribution in [2.45, 2.75) is 24.1 Å². The van der Waals surface area contributed by atoms with Gasteiger partial charge in [-0.15, -0.1) is 0 Å². The van der Waals surface area contributed by atoms with E-state index in [0.29, 0.717) is 28.3 Å². The second-order valence-corrected chi connectivity index (χ2v) is 6.57. The highest BCUT2D eigenvalue weighted by molar-refractivity contribution is 7.99. The number of nitrogens with zero attached hydrogens (tertiary/aromatic N) is 1. The van der Waals surface area contributed by atoms with Crippen LogP contribution in [0.1, 0.15) is 11.1 Å². The van der Waals surface area contributed by atoms with Gasteiger partial charge in [-0.05, 0) is 54.5 Å². The highest BCUT2D eigenvalue weighted by Crippen LogP contribution is 2.26. The van der Waals surface area contributed by atoms with Crippen molar-refractivity contribution in [3.05, 3.63) is 59.7 Å². The summed E-state index contributed by atoms with van der Waals surface area (Å²) in [6, 6.07) is 15.0. The van der Waals surface area contributed by atoms with Crippen molar-refractivity contribution in [3.8, 4) is 0 Å². The number of thiocarbonyl (C=S) groups is 1. The van der Waals surface area contributed by atoms with Crippen molar-refractivity contribution < 1.29 is 8.78 Å². The highest BCUT2D eigenvalue weighted by atomic mass is 32.2. The van der Waals surface area contributed by atoms with Gasteiger partial charge in [-0.1, -0.05) is 36.0 Å². The first-order valence-electron chi connectivity index (χ1n) is 7.07. The lowest BCUT2D eigenvalue weighted by Gasteiger charge is -2.22. The topological polar surface area (TPSA) is 15.3 Å². The van der Waals surface area contributed by atoms with Gasteiger partial charge in [-0.2, -0.15) is 8.78 Å². The molecule has 0 aliphatic carbocycles. The molecule has 122 valence electrons.